The van der Waals surface area contributed by atoms with Crippen LogP contribution in [0.5, 0.6) is 0 Å². The van der Waals surface area contributed by atoms with Crippen LogP contribution in [0.2, 0.25) is 5.02 Å². The van der Waals surface area contributed by atoms with E-state index in [2.05, 4.69) is 16.3 Å². The van der Waals surface area contributed by atoms with Crippen molar-refractivity contribution in [3.05, 3.63) is 59.2 Å². The molecule has 1 fully saturated rings. The number of hydrogen-bond donors (Lipinski definition) is 1. The van der Waals surface area contributed by atoms with Gasteiger partial charge in [-0.05, 0) is 18.2 Å². The Morgan fingerprint density at radius 1 is 1.20 bits per heavy atom. The number of quaternary nitrogens is 1. The van der Waals surface area contributed by atoms with Crippen LogP contribution in [0.1, 0.15) is 5.56 Å². The van der Waals surface area contributed by atoms with Crippen molar-refractivity contribution in [3.8, 4) is 0 Å². The van der Waals surface area contributed by atoms with Crippen LogP contribution in [-0.4, -0.2) is 46.2 Å². The van der Waals surface area contributed by atoms with E-state index in [0.29, 0.717) is 0 Å². The molecule has 25 heavy (non-hydrogen) atoms. The summed E-state index contributed by atoms with van der Waals surface area (Å²) >= 11 is 8.00. The molecule has 0 aliphatic carbocycles. The molecular weight excluding hydrogens is 356 g/mol. The Morgan fingerprint density at radius 2 is 2.08 bits per heavy atom. The van der Waals surface area contributed by atoms with E-state index in [1.54, 1.807) is 11.8 Å². The number of hydrogen-bond acceptors (Lipinski definition) is 4. The molecule has 2 atom stereocenters. The molecule has 1 saturated heterocycles. The van der Waals surface area contributed by atoms with Gasteiger partial charge in [-0.25, -0.2) is 0 Å². The van der Waals surface area contributed by atoms with E-state index >= 15 is 0 Å². The SMILES string of the molecule is Clc1ccccc1C[NH+]1CCO[C@@H](CSc2nnc3ccccn23)C1. The van der Waals surface area contributed by atoms with Gasteiger partial charge in [-0.1, -0.05) is 47.6 Å². The number of morpholine rings is 1. The number of pyridine rings is 1. The molecular formula is C18H20ClN4OS+. The minimum absolute atomic E-state index is 0.215. The number of nitrogens with one attached hydrogen (secondary N) is 1. The maximum atomic E-state index is 6.30. The Kier molecular flexibility index (Phi) is 5.22. The number of nitrogens with zero attached hydrogens (tertiary/aromatic N) is 3. The van der Waals surface area contributed by atoms with E-state index in [1.165, 1.54) is 10.5 Å². The van der Waals surface area contributed by atoms with Crippen LogP contribution in [0.15, 0.2) is 53.8 Å². The molecule has 1 unspecified atom stereocenters. The molecule has 0 bridgehead atoms. The second-order valence-corrected chi connectivity index (χ2v) is 7.58. The fraction of sp³-hybridized carbons (Fsp3) is 0.333. The highest BCUT2D eigenvalue weighted by Crippen LogP contribution is 2.19. The van der Waals surface area contributed by atoms with Gasteiger partial charge in [0.15, 0.2) is 10.8 Å². The Hall–Kier alpha value is -1.60. The lowest BCUT2D eigenvalue weighted by atomic mass is 10.2. The van der Waals surface area contributed by atoms with Crippen LogP contribution < -0.4 is 4.90 Å². The zero-order chi connectivity index (χ0) is 17.1. The van der Waals surface area contributed by atoms with Gasteiger partial charge in [-0.15, -0.1) is 10.2 Å². The third kappa shape index (κ3) is 3.98. The van der Waals surface area contributed by atoms with Crippen molar-refractivity contribution in [3.63, 3.8) is 0 Å². The normalized spacial score (nSPS) is 20.8. The predicted molar refractivity (Wildman–Crippen MR) is 99.3 cm³/mol. The van der Waals surface area contributed by atoms with Gasteiger partial charge in [0.25, 0.3) is 0 Å². The van der Waals surface area contributed by atoms with Crippen LogP contribution in [-0.2, 0) is 11.3 Å². The number of benzene rings is 1. The molecule has 1 aliphatic rings. The Balaban J connectivity index is 1.36. The molecule has 3 aromatic rings. The van der Waals surface area contributed by atoms with Crippen molar-refractivity contribution in [1.82, 2.24) is 14.6 Å². The van der Waals surface area contributed by atoms with Gasteiger partial charge in [-0.3, -0.25) is 4.40 Å². The van der Waals surface area contributed by atoms with Gasteiger partial charge in [-0.2, -0.15) is 0 Å². The largest absolute Gasteiger partial charge is 0.366 e. The van der Waals surface area contributed by atoms with Crippen molar-refractivity contribution >= 4 is 29.0 Å². The Labute approximate surface area is 155 Å². The third-order valence-electron chi connectivity index (χ3n) is 4.40. The topological polar surface area (TPSA) is 43.9 Å². The first-order chi connectivity index (χ1) is 12.3. The third-order valence-corrected chi connectivity index (χ3v) is 5.85. The van der Waals surface area contributed by atoms with Crippen molar-refractivity contribution in [2.45, 2.75) is 17.8 Å². The van der Waals surface area contributed by atoms with Crippen molar-refractivity contribution in [2.75, 3.05) is 25.4 Å². The monoisotopic (exact) mass is 375 g/mol. The van der Waals surface area contributed by atoms with Crippen LogP contribution in [0.4, 0.5) is 0 Å². The molecule has 1 aliphatic heterocycles. The van der Waals surface area contributed by atoms with E-state index in [1.807, 2.05) is 47.0 Å². The van der Waals surface area contributed by atoms with E-state index in [0.717, 1.165) is 47.8 Å². The van der Waals surface area contributed by atoms with E-state index in [4.69, 9.17) is 16.3 Å². The molecule has 1 aromatic carbocycles. The molecule has 1 N–H and O–H groups in total. The summed E-state index contributed by atoms with van der Waals surface area (Å²) in [5.41, 5.74) is 2.08. The summed E-state index contributed by atoms with van der Waals surface area (Å²) in [6.07, 6.45) is 2.21. The maximum Gasteiger partial charge on any atom is 0.195 e. The van der Waals surface area contributed by atoms with Crippen LogP contribution in [0, 0.1) is 0 Å². The lowest BCUT2D eigenvalue weighted by Gasteiger charge is -2.30. The average molecular weight is 376 g/mol. The predicted octanol–water partition coefficient (Wildman–Crippen LogP) is 1.96. The van der Waals surface area contributed by atoms with Gasteiger partial charge >= 0.3 is 0 Å². The van der Waals surface area contributed by atoms with Crippen LogP contribution in [0.3, 0.4) is 0 Å². The van der Waals surface area contributed by atoms with Crippen molar-refractivity contribution in [2.24, 2.45) is 0 Å². The maximum absolute atomic E-state index is 6.30. The lowest BCUT2D eigenvalue weighted by Crippen LogP contribution is -3.13. The fourth-order valence-electron chi connectivity index (χ4n) is 3.12. The molecule has 7 heteroatoms. The van der Waals surface area contributed by atoms with Crippen molar-refractivity contribution in [1.29, 1.82) is 0 Å². The minimum Gasteiger partial charge on any atom is -0.366 e. The summed E-state index contributed by atoms with van der Waals surface area (Å²) in [5, 5.41) is 10.2. The number of ether oxygens (including phenoxy) is 1. The summed E-state index contributed by atoms with van der Waals surface area (Å²) in [6, 6.07) is 14.0. The molecule has 4 rings (SSSR count). The summed E-state index contributed by atoms with van der Waals surface area (Å²) in [4.78, 5) is 1.51. The molecule has 0 saturated carbocycles. The zero-order valence-electron chi connectivity index (χ0n) is 13.8. The molecule has 0 amide bonds. The Morgan fingerprint density at radius 3 is 3.00 bits per heavy atom. The molecule has 0 radical (unpaired) electrons. The molecule has 2 aromatic heterocycles. The highest BCUT2D eigenvalue weighted by Gasteiger charge is 2.25. The van der Waals surface area contributed by atoms with E-state index in [9.17, 15) is 0 Å². The van der Waals surface area contributed by atoms with Gasteiger partial charge in [0.1, 0.15) is 25.7 Å². The second kappa shape index (κ2) is 7.74. The first-order valence-electron chi connectivity index (χ1n) is 8.41. The number of thioether (sulfide) groups is 1. The van der Waals surface area contributed by atoms with Crippen LogP contribution >= 0.6 is 23.4 Å². The highest BCUT2D eigenvalue weighted by molar-refractivity contribution is 7.99. The summed E-state index contributed by atoms with van der Waals surface area (Å²) in [6.45, 7) is 3.72. The number of rotatable bonds is 5. The lowest BCUT2D eigenvalue weighted by molar-refractivity contribution is -0.924. The molecule has 5 nitrogen and oxygen atoms in total. The van der Waals surface area contributed by atoms with Gasteiger partial charge in [0.05, 0.1) is 6.61 Å². The summed E-state index contributed by atoms with van der Waals surface area (Å²) in [7, 11) is 0. The highest BCUT2D eigenvalue weighted by atomic mass is 35.5. The smallest absolute Gasteiger partial charge is 0.195 e. The van der Waals surface area contributed by atoms with Gasteiger partial charge < -0.3 is 9.64 Å². The fourth-order valence-corrected chi connectivity index (χ4v) is 4.26. The quantitative estimate of drug-likeness (QED) is 0.692. The average Bonchev–Trinajstić information content (AvgIpc) is 3.06. The van der Waals surface area contributed by atoms with Crippen LogP contribution in [0.25, 0.3) is 5.65 Å². The second-order valence-electron chi connectivity index (χ2n) is 6.19. The zero-order valence-corrected chi connectivity index (χ0v) is 15.3. The van der Waals surface area contributed by atoms with E-state index < -0.39 is 0 Å². The minimum atomic E-state index is 0.215. The number of fused-ring (bicyclic) bond motifs is 1. The molecule has 130 valence electrons. The first kappa shape index (κ1) is 16.8. The van der Waals surface area contributed by atoms with E-state index in [-0.39, 0.29) is 6.10 Å². The van der Waals surface area contributed by atoms with Gasteiger partial charge in [0.2, 0.25) is 0 Å². The summed E-state index contributed by atoms with van der Waals surface area (Å²) in [5.74, 6) is 0.877. The molecule has 0 spiro atoms. The summed E-state index contributed by atoms with van der Waals surface area (Å²) < 4.78 is 7.97. The van der Waals surface area contributed by atoms with Crippen molar-refractivity contribution < 1.29 is 9.64 Å². The number of halogens is 1. The molecule has 3 heterocycles. The Bertz CT molecular complexity index is 856. The van der Waals surface area contributed by atoms with Gasteiger partial charge in [0, 0.05) is 22.5 Å². The number of aromatic nitrogens is 3. The first-order valence-corrected chi connectivity index (χ1v) is 9.77. The standard InChI is InChI=1S/C18H19ClN4OS/c19-16-6-2-1-5-14(16)11-22-9-10-24-15(12-22)13-25-18-21-20-17-7-3-4-8-23(17)18/h1-8,15H,9-13H2/p+1/t15-/m1/s1.